The van der Waals surface area contributed by atoms with Gasteiger partial charge in [-0.25, -0.2) is 0 Å². The lowest BCUT2D eigenvalue weighted by Gasteiger charge is -2.25. The Hall–Kier alpha value is -2.70. The van der Waals surface area contributed by atoms with Crippen LogP contribution < -0.4 is 10.9 Å². The minimum absolute atomic E-state index is 0.0664. The Morgan fingerprint density at radius 3 is 2.64 bits per heavy atom. The second kappa shape index (κ2) is 8.99. The van der Waals surface area contributed by atoms with Crippen LogP contribution >= 0.6 is 12.2 Å². The van der Waals surface area contributed by atoms with Gasteiger partial charge in [0.15, 0.2) is 5.11 Å². The molecule has 0 aliphatic carbocycles. The van der Waals surface area contributed by atoms with Crippen molar-refractivity contribution >= 4 is 33.9 Å². The number of anilines is 1. The fourth-order valence-corrected chi connectivity index (χ4v) is 3.55. The Bertz CT molecular complexity index is 1030. The molecule has 3 aromatic rings. The lowest BCUT2D eigenvalue weighted by molar-refractivity contribution is 0.266. The number of fused-ring (bicyclic) bond motifs is 1. The fourth-order valence-electron chi connectivity index (χ4n) is 3.28. The first kappa shape index (κ1) is 20.0. The first-order valence-electron chi connectivity index (χ1n) is 9.33. The number of benzene rings is 2. The number of aliphatic hydroxyl groups is 1. The van der Waals surface area contributed by atoms with Crippen molar-refractivity contribution in [3.05, 3.63) is 75.6 Å². The van der Waals surface area contributed by atoms with Gasteiger partial charge in [0.2, 0.25) is 0 Å². The molecule has 0 saturated carbocycles. The van der Waals surface area contributed by atoms with E-state index < -0.39 is 0 Å². The Morgan fingerprint density at radius 2 is 1.93 bits per heavy atom. The van der Waals surface area contributed by atoms with Gasteiger partial charge in [-0.15, -0.1) is 0 Å². The van der Waals surface area contributed by atoms with Crippen LogP contribution in [0.25, 0.3) is 10.9 Å². The lowest BCUT2D eigenvalue weighted by Crippen LogP contribution is -2.37. The van der Waals surface area contributed by atoms with Gasteiger partial charge < -0.3 is 20.3 Å². The van der Waals surface area contributed by atoms with Gasteiger partial charge in [0.05, 0.1) is 6.54 Å². The molecule has 146 valence electrons. The Kier molecular flexibility index (Phi) is 6.44. The molecule has 0 atom stereocenters. The molecule has 1 heterocycles. The smallest absolute Gasteiger partial charge is 0.253 e. The van der Waals surface area contributed by atoms with Gasteiger partial charge in [0.25, 0.3) is 5.56 Å². The summed E-state index contributed by atoms with van der Waals surface area (Å²) < 4.78 is 0. The summed E-state index contributed by atoms with van der Waals surface area (Å²) in [5.74, 6) is 0. The molecule has 0 aliphatic rings. The van der Waals surface area contributed by atoms with Gasteiger partial charge in [-0.05, 0) is 67.9 Å². The molecular weight excluding hydrogens is 370 g/mol. The van der Waals surface area contributed by atoms with Crippen molar-refractivity contribution in [1.82, 2.24) is 9.88 Å². The molecule has 6 heteroatoms. The van der Waals surface area contributed by atoms with Gasteiger partial charge in [-0.2, -0.15) is 0 Å². The summed E-state index contributed by atoms with van der Waals surface area (Å²) in [5, 5.41) is 14.0. The summed E-state index contributed by atoms with van der Waals surface area (Å²) in [6.45, 7) is 5.05. The molecule has 0 saturated heterocycles. The maximum Gasteiger partial charge on any atom is 0.253 e. The highest BCUT2D eigenvalue weighted by Gasteiger charge is 2.14. The van der Waals surface area contributed by atoms with Crippen molar-refractivity contribution in [3.8, 4) is 0 Å². The number of nitrogens with zero attached hydrogens (tertiary/aromatic N) is 1. The molecule has 2 aromatic carbocycles. The monoisotopic (exact) mass is 395 g/mol. The number of aryl methyl sites for hydroxylation is 2. The van der Waals surface area contributed by atoms with Crippen molar-refractivity contribution in [2.75, 3.05) is 18.5 Å². The molecular formula is C22H25N3O2S. The Morgan fingerprint density at radius 1 is 1.18 bits per heavy atom. The number of aliphatic hydroxyl groups excluding tert-OH is 1. The molecule has 3 rings (SSSR count). The second-order valence-electron chi connectivity index (χ2n) is 6.96. The van der Waals surface area contributed by atoms with E-state index in [1.165, 1.54) is 0 Å². The molecule has 3 N–H and O–H groups in total. The molecule has 0 amide bonds. The number of hydrogen-bond donors (Lipinski definition) is 3. The molecule has 0 bridgehead atoms. The van der Waals surface area contributed by atoms with Gasteiger partial charge in [0.1, 0.15) is 0 Å². The van der Waals surface area contributed by atoms with Crippen molar-refractivity contribution in [3.63, 3.8) is 0 Å². The number of rotatable bonds is 6. The van der Waals surface area contributed by atoms with Crippen LogP contribution in [0.15, 0.2) is 53.3 Å². The largest absolute Gasteiger partial charge is 0.396 e. The van der Waals surface area contributed by atoms with Crippen LogP contribution in [0.4, 0.5) is 5.69 Å². The number of H-pyrrole nitrogens is 1. The maximum absolute atomic E-state index is 12.7. The third-order valence-corrected chi connectivity index (χ3v) is 5.01. The highest BCUT2D eigenvalue weighted by Crippen LogP contribution is 2.19. The number of para-hydroxylation sites is 1. The minimum Gasteiger partial charge on any atom is -0.396 e. The zero-order valence-corrected chi connectivity index (χ0v) is 17.0. The molecule has 28 heavy (non-hydrogen) atoms. The third-order valence-electron chi connectivity index (χ3n) is 4.65. The Labute approximate surface area is 170 Å². The second-order valence-corrected chi connectivity index (χ2v) is 7.35. The molecule has 0 spiro atoms. The molecule has 0 fully saturated rings. The molecule has 0 radical (unpaired) electrons. The summed E-state index contributed by atoms with van der Waals surface area (Å²) in [7, 11) is 0. The van der Waals surface area contributed by atoms with Crippen LogP contribution in [-0.4, -0.2) is 33.3 Å². The predicted octanol–water partition coefficient (Wildman–Crippen LogP) is 3.73. The first-order chi connectivity index (χ1) is 13.5. The van der Waals surface area contributed by atoms with E-state index in [0.717, 1.165) is 27.7 Å². The van der Waals surface area contributed by atoms with Gasteiger partial charge in [-0.3, -0.25) is 4.79 Å². The van der Waals surface area contributed by atoms with E-state index in [-0.39, 0.29) is 12.2 Å². The van der Waals surface area contributed by atoms with Crippen LogP contribution in [0.1, 0.15) is 23.1 Å². The van der Waals surface area contributed by atoms with Crippen molar-refractivity contribution < 1.29 is 5.11 Å². The van der Waals surface area contributed by atoms with E-state index in [4.69, 9.17) is 12.2 Å². The number of hydrogen-bond acceptors (Lipinski definition) is 3. The quantitative estimate of drug-likeness (QED) is 0.555. The number of aromatic amines is 1. The molecule has 0 unspecified atom stereocenters. The van der Waals surface area contributed by atoms with Crippen LogP contribution in [0.3, 0.4) is 0 Å². The topological polar surface area (TPSA) is 68.4 Å². The van der Waals surface area contributed by atoms with E-state index in [9.17, 15) is 9.90 Å². The summed E-state index contributed by atoms with van der Waals surface area (Å²) in [4.78, 5) is 17.6. The number of nitrogens with one attached hydrogen (secondary N) is 2. The highest BCUT2D eigenvalue weighted by atomic mass is 32.1. The van der Waals surface area contributed by atoms with Crippen LogP contribution in [0, 0.1) is 13.8 Å². The third kappa shape index (κ3) is 4.77. The first-order valence-corrected chi connectivity index (χ1v) is 9.74. The standard InChI is InChI=1S/C22H25N3O2S/c1-15-11-16(2)19-13-17(21(27)24-20(19)12-15)14-25(9-6-10-26)22(28)23-18-7-4-3-5-8-18/h3-5,7-8,11-13,26H,6,9-10,14H2,1-2H3,(H,23,28)(H,24,27). The summed E-state index contributed by atoms with van der Waals surface area (Å²) in [6.07, 6.45) is 0.570. The van der Waals surface area contributed by atoms with Crippen molar-refractivity contribution in [2.45, 2.75) is 26.8 Å². The van der Waals surface area contributed by atoms with Crippen molar-refractivity contribution in [1.29, 1.82) is 0 Å². The van der Waals surface area contributed by atoms with E-state index in [2.05, 4.69) is 16.4 Å². The maximum atomic E-state index is 12.7. The van der Waals surface area contributed by atoms with Crippen LogP contribution in [0.5, 0.6) is 0 Å². The van der Waals surface area contributed by atoms with Crippen LogP contribution in [-0.2, 0) is 6.54 Å². The Balaban J connectivity index is 1.88. The predicted molar refractivity (Wildman–Crippen MR) is 119 cm³/mol. The minimum atomic E-state index is -0.117. The zero-order chi connectivity index (χ0) is 20.1. The normalized spacial score (nSPS) is 10.8. The fraction of sp³-hybridized carbons (Fsp3) is 0.273. The van der Waals surface area contributed by atoms with Gasteiger partial charge in [0, 0.05) is 35.3 Å². The number of pyridine rings is 1. The summed E-state index contributed by atoms with van der Waals surface area (Å²) in [5.41, 5.74) is 4.51. The lowest BCUT2D eigenvalue weighted by atomic mass is 10.0. The number of thiocarbonyl (C=S) groups is 1. The molecule has 5 nitrogen and oxygen atoms in total. The SMILES string of the molecule is Cc1cc(C)c2cc(CN(CCCO)C(=S)Nc3ccccc3)c(=O)[nH]c2c1. The highest BCUT2D eigenvalue weighted by molar-refractivity contribution is 7.80. The van der Waals surface area contributed by atoms with E-state index in [0.29, 0.717) is 30.2 Å². The number of aromatic nitrogens is 1. The van der Waals surface area contributed by atoms with Crippen molar-refractivity contribution in [2.24, 2.45) is 0 Å². The summed E-state index contributed by atoms with van der Waals surface area (Å²) >= 11 is 5.57. The van der Waals surface area contributed by atoms with Gasteiger partial charge >= 0.3 is 0 Å². The zero-order valence-electron chi connectivity index (χ0n) is 16.2. The van der Waals surface area contributed by atoms with Crippen LogP contribution in [0.2, 0.25) is 0 Å². The van der Waals surface area contributed by atoms with E-state index >= 15 is 0 Å². The average Bonchev–Trinajstić information content (AvgIpc) is 2.66. The summed E-state index contributed by atoms with van der Waals surface area (Å²) in [6, 6.07) is 15.7. The van der Waals surface area contributed by atoms with E-state index in [1.807, 2.05) is 61.2 Å². The van der Waals surface area contributed by atoms with E-state index in [1.54, 1.807) is 0 Å². The molecule has 1 aromatic heterocycles. The molecule has 0 aliphatic heterocycles. The van der Waals surface area contributed by atoms with Gasteiger partial charge in [-0.1, -0.05) is 24.3 Å². The average molecular weight is 396 g/mol.